The van der Waals surface area contributed by atoms with Crippen molar-refractivity contribution >= 4 is 45.3 Å². The Bertz CT molecular complexity index is 1180. The summed E-state index contributed by atoms with van der Waals surface area (Å²) in [6, 6.07) is 19.5. The highest BCUT2D eigenvalue weighted by Crippen LogP contribution is 2.32. The first-order valence-electron chi connectivity index (χ1n) is 8.85. The van der Waals surface area contributed by atoms with E-state index in [9.17, 15) is 10.1 Å². The van der Waals surface area contributed by atoms with Crippen LogP contribution in [0.25, 0.3) is 10.9 Å². The Hall–Kier alpha value is -3.71. The number of nitro groups is 1. The summed E-state index contributed by atoms with van der Waals surface area (Å²) in [4.78, 5) is 13.5. The number of non-ortho nitro benzene ring substituents is 1. The fourth-order valence-corrected chi connectivity index (χ4v) is 3.05. The highest BCUT2D eigenvalue weighted by atomic mass is 35.5. The number of hydrogen-bond donors (Lipinski definition) is 2. The molecule has 0 spiro atoms. The smallest absolute Gasteiger partial charge is 0.269 e. The highest BCUT2D eigenvalue weighted by molar-refractivity contribution is 6.30. The molecule has 0 aliphatic rings. The SMILES string of the molecule is O=[N+]([O-])c1ccc(N=Nc2c[nH]c3c(NCc4ccc(Cl)cc4)cccc23)cc1. The number of anilines is 1. The molecule has 4 rings (SSSR count). The molecule has 0 aliphatic heterocycles. The van der Waals surface area contributed by atoms with Gasteiger partial charge in [-0.25, -0.2) is 0 Å². The molecule has 0 unspecified atom stereocenters. The molecule has 0 radical (unpaired) electrons. The molecule has 0 bridgehead atoms. The predicted octanol–water partition coefficient (Wildman–Crippen LogP) is 6.76. The number of halogens is 1. The van der Waals surface area contributed by atoms with Crippen LogP contribution in [0.3, 0.4) is 0 Å². The lowest BCUT2D eigenvalue weighted by Gasteiger charge is -2.08. The highest BCUT2D eigenvalue weighted by Gasteiger charge is 2.08. The largest absolute Gasteiger partial charge is 0.379 e. The van der Waals surface area contributed by atoms with E-state index in [2.05, 4.69) is 20.5 Å². The van der Waals surface area contributed by atoms with Crippen LogP contribution in [0.5, 0.6) is 0 Å². The first kappa shape index (κ1) is 18.6. The number of azo groups is 1. The Morgan fingerprint density at radius 3 is 2.48 bits per heavy atom. The third-order valence-corrected chi connectivity index (χ3v) is 4.68. The number of aromatic amines is 1. The van der Waals surface area contributed by atoms with E-state index in [4.69, 9.17) is 11.6 Å². The third-order valence-electron chi connectivity index (χ3n) is 4.42. The number of fused-ring (bicyclic) bond motifs is 1. The minimum absolute atomic E-state index is 0.0208. The normalized spacial score (nSPS) is 11.2. The Morgan fingerprint density at radius 1 is 1.00 bits per heavy atom. The van der Waals surface area contributed by atoms with Gasteiger partial charge in [0.1, 0.15) is 5.69 Å². The van der Waals surface area contributed by atoms with Crippen LogP contribution in [-0.2, 0) is 6.54 Å². The molecule has 0 aliphatic carbocycles. The van der Waals surface area contributed by atoms with Gasteiger partial charge in [0.25, 0.3) is 5.69 Å². The van der Waals surface area contributed by atoms with Gasteiger partial charge in [-0.05, 0) is 35.9 Å². The Kier molecular flexibility index (Phi) is 5.22. The zero-order valence-electron chi connectivity index (χ0n) is 15.2. The van der Waals surface area contributed by atoms with Gasteiger partial charge < -0.3 is 10.3 Å². The minimum Gasteiger partial charge on any atom is -0.379 e. The van der Waals surface area contributed by atoms with Crippen LogP contribution in [-0.4, -0.2) is 9.91 Å². The maximum absolute atomic E-state index is 10.7. The molecule has 7 nitrogen and oxygen atoms in total. The summed E-state index contributed by atoms with van der Waals surface area (Å²) in [5, 5.41) is 24.3. The first-order chi connectivity index (χ1) is 14.1. The molecular weight excluding hydrogens is 390 g/mol. The van der Waals surface area contributed by atoms with Gasteiger partial charge in [0.15, 0.2) is 0 Å². The Morgan fingerprint density at radius 2 is 1.76 bits per heavy atom. The summed E-state index contributed by atoms with van der Waals surface area (Å²) in [6.45, 7) is 0.662. The molecule has 0 atom stereocenters. The van der Waals surface area contributed by atoms with Gasteiger partial charge >= 0.3 is 0 Å². The molecule has 0 saturated carbocycles. The quantitative estimate of drug-likeness (QED) is 0.211. The van der Waals surface area contributed by atoms with E-state index >= 15 is 0 Å². The van der Waals surface area contributed by atoms with Crippen LogP contribution in [0.2, 0.25) is 5.02 Å². The number of hydrogen-bond acceptors (Lipinski definition) is 5. The van der Waals surface area contributed by atoms with Crippen LogP contribution < -0.4 is 5.32 Å². The van der Waals surface area contributed by atoms with Gasteiger partial charge in [0.05, 0.1) is 21.8 Å². The summed E-state index contributed by atoms with van der Waals surface area (Å²) in [5.74, 6) is 0. The van der Waals surface area contributed by atoms with Gasteiger partial charge in [-0.2, -0.15) is 5.11 Å². The van der Waals surface area contributed by atoms with Crippen molar-refractivity contribution in [3.63, 3.8) is 0 Å². The standard InChI is InChI=1S/C21H16ClN5O2/c22-15-6-4-14(5-7-15)12-23-19-3-1-2-18-20(13-24-21(18)19)26-25-16-8-10-17(11-9-16)27(28)29/h1-11,13,23-24H,12H2. The van der Waals surface area contributed by atoms with Gasteiger partial charge in [0, 0.05) is 35.3 Å². The molecule has 0 fully saturated rings. The zero-order chi connectivity index (χ0) is 20.2. The van der Waals surface area contributed by atoms with Crippen LogP contribution >= 0.6 is 11.6 Å². The molecule has 1 heterocycles. The maximum atomic E-state index is 10.7. The lowest BCUT2D eigenvalue weighted by atomic mass is 10.2. The van der Waals surface area contributed by atoms with Crippen molar-refractivity contribution in [2.24, 2.45) is 10.2 Å². The monoisotopic (exact) mass is 405 g/mol. The van der Waals surface area contributed by atoms with E-state index in [-0.39, 0.29) is 5.69 Å². The van der Waals surface area contributed by atoms with Crippen molar-refractivity contribution in [3.8, 4) is 0 Å². The number of nitrogens with one attached hydrogen (secondary N) is 2. The number of aromatic nitrogens is 1. The molecule has 144 valence electrons. The second-order valence-corrected chi connectivity index (χ2v) is 6.79. The Balaban J connectivity index is 1.53. The third kappa shape index (κ3) is 4.25. The van der Waals surface area contributed by atoms with Crippen molar-refractivity contribution in [2.75, 3.05) is 5.32 Å². The van der Waals surface area contributed by atoms with Crippen LogP contribution in [0, 0.1) is 10.1 Å². The molecule has 3 aromatic carbocycles. The van der Waals surface area contributed by atoms with E-state index in [1.54, 1.807) is 18.3 Å². The van der Waals surface area contributed by atoms with Crippen molar-refractivity contribution < 1.29 is 4.92 Å². The number of rotatable bonds is 6. The first-order valence-corrected chi connectivity index (χ1v) is 9.22. The molecule has 29 heavy (non-hydrogen) atoms. The van der Waals surface area contributed by atoms with Crippen LogP contribution in [0.15, 0.2) is 83.2 Å². The van der Waals surface area contributed by atoms with Crippen LogP contribution in [0.1, 0.15) is 5.56 Å². The molecule has 2 N–H and O–H groups in total. The number of benzene rings is 3. The lowest BCUT2D eigenvalue weighted by Crippen LogP contribution is -1.99. The van der Waals surface area contributed by atoms with Gasteiger partial charge in [-0.15, -0.1) is 5.11 Å². The van der Waals surface area contributed by atoms with E-state index in [1.807, 2.05) is 42.5 Å². The van der Waals surface area contributed by atoms with E-state index in [1.165, 1.54) is 12.1 Å². The Labute approximate surface area is 171 Å². The lowest BCUT2D eigenvalue weighted by molar-refractivity contribution is -0.384. The van der Waals surface area contributed by atoms with Gasteiger partial charge in [-0.1, -0.05) is 35.9 Å². The van der Waals surface area contributed by atoms with E-state index in [0.29, 0.717) is 22.9 Å². The minimum atomic E-state index is -0.445. The maximum Gasteiger partial charge on any atom is 0.269 e. The van der Waals surface area contributed by atoms with Gasteiger partial charge in [0.2, 0.25) is 0 Å². The second kappa shape index (κ2) is 8.12. The fraction of sp³-hybridized carbons (Fsp3) is 0.0476. The molecule has 8 heteroatoms. The van der Waals surface area contributed by atoms with E-state index < -0.39 is 4.92 Å². The summed E-state index contributed by atoms with van der Waals surface area (Å²) in [6.07, 6.45) is 1.78. The average Bonchev–Trinajstić information content (AvgIpc) is 3.16. The summed E-state index contributed by atoms with van der Waals surface area (Å²) < 4.78 is 0. The van der Waals surface area contributed by atoms with Crippen LogP contribution in [0.4, 0.5) is 22.7 Å². The number of nitro benzene ring substituents is 1. The molecule has 4 aromatic rings. The van der Waals surface area contributed by atoms with Crippen molar-refractivity contribution in [2.45, 2.75) is 6.54 Å². The second-order valence-electron chi connectivity index (χ2n) is 6.36. The molecule has 0 saturated heterocycles. The van der Waals surface area contributed by atoms with Crippen molar-refractivity contribution in [1.29, 1.82) is 0 Å². The number of H-pyrrole nitrogens is 1. The van der Waals surface area contributed by atoms with E-state index in [0.717, 1.165) is 22.2 Å². The molecule has 1 aromatic heterocycles. The van der Waals surface area contributed by atoms with Crippen molar-refractivity contribution in [3.05, 3.63) is 93.6 Å². The molecular formula is C21H16ClN5O2. The summed E-state index contributed by atoms with van der Waals surface area (Å²) in [5.41, 5.74) is 4.26. The predicted molar refractivity (Wildman–Crippen MR) is 114 cm³/mol. The number of nitrogens with zero attached hydrogens (tertiary/aromatic N) is 3. The van der Waals surface area contributed by atoms with Gasteiger partial charge in [-0.3, -0.25) is 10.1 Å². The number of para-hydroxylation sites is 1. The summed E-state index contributed by atoms with van der Waals surface area (Å²) in [7, 11) is 0. The molecule has 0 amide bonds. The topological polar surface area (TPSA) is 95.7 Å². The average molecular weight is 406 g/mol. The van der Waals surface area contributed by atoms with Crippen molar-refractivity contribution in [1.82, 2.24) is 4.98 Å². The zero-order valence-corrected chi connectivity index (χ0v) is 15.9. The summed E-state index contributed by atoms with van der Waals surface area (Å²) >= 11 is 5.93. The fourth-order valence-electron chi connectivity index (χ4n) is 2.92.